The molecule has 3 nitrogen and oxygen atoms in total. The van der Waals surface area contributed by atoms with Crippen molar-refractivity contribution in [3.8, 4) is 5.75 Å². The number of methoxy groups -OCH3 is 1. The topological polar surface area (TPSA) is 31.2 Å². The molecule has 0 N–H and O–H groups in total. The average Bonchev–Trinajstić information content (AvgIpc) is 2.95. The molecule has 4 rings (SSSR count). The van der Waals surface area contributed by atoms with Crippen LogP contribution in [0.1, 0.15) is 32.7 Å². The molecule has 3 aromatic rings. The lowest BCUT2D eigenvalue weighted by molar-refractivity contribution is 0.112. The van der Waals surface area contributed by atoms with Crippen LogP contribution in [0.25, 0.3) is 11.8 Å². The highest BCUT2D eigenvalue weighted by molar-refractivity contribution is 5.87. The number of aromatic nitrogens is 1. The van der Waals surface area contributed by atoms with Gasteiger partial charge in [0.05, 0.1) is 12.8 Å². The quantitative estimate of drug-likeness (QED) is 0.529. The molecule has 0 aliphatic carbocycles. The maximum atomic E-state index is 11.5. The summed E-state index contributed by atoms with van der Waals surface area (Å²) < 4.78 is 7.48. The van der Waals surface area contributed by atoms with E-state index in [-0.39, 0.29) is 0 Å². The van der Waals surface area contributed by atoms with E-state index in [1.807, 2.05) is 42.6 Å². The maximum Gasteiger partial charge on any atom is 0.151 e. The highest BCUT2D eigenvalue weighted by Crippen LogP contribution is 2.32. The van der Waals surface area contributed by atoms with Crippen LogP contribution < -0.4 is 4.74 Å². The number of hydrogen-bond donors (Lipinski definition) is 0. The van der Waals surface area contributed by atoms with E-state index in [4.69, 9.17) is 4.74 Å². The van der Waals surface area contributed by atoms with Gasteiger partial charge in [-0.05, 0) is 35.4 Å². The molecular formula is C21H17NO2. The number of ether oxygens (including phenoxy) is 1. The van der Waals surface area contributed by atoms with Crippen LogP contribution in [0.15, 0.2) is 60.8 Å². The number of benzene rings is 2. The van der Waals surface area contributed by atoms with Gasteiger partial charge in [0.1, 0.15) is 5.75 Å². The molecule has 0 saturated heterocycles. The first-order valence-corrected chi connectivity index (χ1v) is 7.90. The molecule has 0 bridgehead atoms. The van der Waals surface area contributed by atoms with Gasteiger partial charge < -0.3 is 9.30 Å². The van der Waals surface area contributed by atoms with Gasteiger partial charge in [0.2, 0.25) is 0 Å². The van der Waals surface area contributed by atoms with E-state index in [9.17, 15) is 4.79 Å². The largest absolute Gasteiger partial charge is 0.497 e. The Morgan fingerprint density at radius 3 is 2.79 bits per heavy atom. The molecule has 118 valence electrons. The Kier molecular flexibility index (Phi) is 3.54. The summed E-state index contributed by atoms with van der Waals surface area (Å²) in [6.07, 6.45) is 5.82. The van der Waals surface area contributed by atoms with Crippen LogP contribution in [0.2, 0.25) is 0 Å². The zero-order valence-corrected chi connectivity index (χ0v) is 13.4. The van der Waals surface area contributed by atoms with Gasteiger partial charge in [-0.3, -0.25) is 4.79 Å². The molecule has 0 atom stereocenters. The fourth-order valence-electron chi connectivity index (χ4n) is 3.24. The summed E-state index contributed by atoms with van der Waals surface area (Å²) in [7, 11) is 1.67. The number of carbonyl (C=O) groups is 1. The zero-order chi connectivity index (χ0) is 16.5. The molecule has 1 aliphatic rings. The van der Waals surface area contributed by atoms with E-state index < -0.39 is 0 Å². The Morgan fingerprint density at radius 1 is 1.08 bits per heavy atom. The molecule has 2 heterocycles. The Morgan fingerprint density at radius 2 is 1.96 bits per heavy atom. The van der Waals surface area contributed by atoms with Crippen molar-refractivity contribution in [3.63, 3.8) is 0 Å². The number of carbonyl (C=O) groups excluding carboxylic acids is 1. The molecule has 3 heteroatoms. The van der Waals surface area contributed by atoms with Gasteiger partial charge in [-0.1, -0.05) is 36.4 Å². The van der Waals surface area contributed by atoms with Gasteiger partial charge in [0.25, 0.3) is 0 Å². The van der Waals surface area contributed by atoms with Crippen LogP contribution in [0.4, 0.5) is 0 Å². The predicted octanol–water partition coefficient (Wildman–Crippen LogP) is 4.26. The highest BCUT2D eigenvalue weighted by Gasteiger charge is 2.18. The minimum atomic E-state index is 0.737. The van der Waals surface area contributed by atoms with Crippen LogP contribution >= 0.6 is 0 Å². The summed E-state index contributed by atoms with van der Waals surface area (Å²) in [4.78, 5) is 11.5. The highest BCUT2D eigenvalue weighted by atomic mass is 16.5. The van der Waals surface area contributed by atoms with Gasteiger partial charge in [-0.2, -0.15) is 0 Å². The molecule has 1 aliphatic heterocycles. The van der Waals surface area contributed by atoms with Crippen molar-refractivity contribution in [3.05, 3.63) is 88.7 Å². The number of nitrogens with zero attached hydrogens (tertiary/aromatic N) is 1. The van der Waals surface area contributed by atoms with E-state index in [2.05, 4.69) is 28.8 Å². The van der Waals surface area contributed by atoms with E-state index in [0.29, 0.717) is 0 Å². The van der Waals surface area contributed by atoms with Crippen molar-refractivity contribution in [2.24, 2.45) is 0 Å². The van der Waals surface area contributed by atoms with Gasteiger partial charge >= 0.3 is 0 Å². The molecule has 0 amide bonds. The molecule has 0 radical (unpaired) electrons. The summed E-state index contributed by atoms with van der Waals surface area (Å²) >= 11 is 0. The zero-order valence-electron chi connectivity index (χ0n) is 13.4. The molecule has 24 heavy (non-hydrogen) atoms. The van der Waals surface area contributed by atoms with Crippen molar-refractivity contribution in [2.45, 2.75) is 6.42 Å². The first kappa shape index (κ1) is 14.5. The lowest BCUT2D eigenvalue weighted by atomic mass is 10.0. The Balaban J connectivity index is 1.98. The van der Waals surface area contributed by atoms with E-state index >= 15 is 0 Å². The summed E-state index contributed by atoms with van der Waals surface area (Å²) in [5.41, 5.74) is 6.25. The van der Waals surface area contributed by atoms with Crippen molar-refractivity contribution in [1.82, 2.24) is 4.57 Å². The average molecular weight is 315 g/mol. The van der Waals surface area contributed by atoms with Gasteiger partial charge in [0.15, 0.2) is 6.29 Å². The minimum absolute atomic E-state index is 0.737. The monoisotopic (exact) mass is 315 g/mol. The second-order valence-corrected chi connectivity index (χ2v) is 5.84. The van der Waals surface area contributed by atoms with Crippen molar-refractivity contribution >= 4 is 18.1 Å². The third kappa shape index (κ3) is 2.35. The Hall–Kier alpha value is -3.07. The van der Waals surface area contributed by atoms with Crippen LogP contribution in [-0.4, -0.2) is 18.0 Å². The number of hydrogen-bond acceptors (Lipinski definition) is 2. The number of aldehydes is 1. The van der Waals surface area contributed by atoms with Crippen LogP contribution in [0, 0.1) is 0 Å². The third-order valence-corrected chi connectivity index (χ3v) is 4.48. The van der Waals surface area contributed by atoms with Crippen molar-refractivity contribution in [2.75, 3.05) is 7.11 Å². The van der Waals surface area contributed by atoms with E-state index in [1.54, 1.807) is 7.11 Å². The smallest absolute Gasteiger partial charge is 0.151 e. The first-order chi connectivity index (χ1) is 11.8. The lowest BCUT2D eigenvalue weighted by Crippen LogP contribution is -2.03. The van der Waals surface area contributed by atoms with Gasteiger partial charge in [-0.15, -0.1) is 0 Å². The molecule has 0 saturated carbocycles. The molecule has 2 aromatic carbocycles. The lowest BCUT2D eigenvalue weighted by Gasteiger charge is -2.13. The molecule has 0 spiro atoms. The van der Waals surface area contributed by atoms with Gasteiger partial charge in [-0.25, -0.2) is 0 Å². The summed E-state index contributed by atoms with van der Waals surface area (Å²) in [5, 5.41) is 0. The Bertz CT molecular complexity index is 950. The van der Waals surface area contributed by atoms with E-state index in [0.717, 1.165) is 41.0 Å². The number of rotatable bonds is 3. The Labute approximate surface area is 140 Å². The minimum Gasteiger partial charge on any atom is -0.497 e. The SMILES string of the molecule is COc1cccc(C2=Cc3ccccc3Cc3c(C=O)ccn32)c1. The number of fused-ring (bicyclic) bond motifs is 2. The fourth-order valence-corrected chi connectivity index (χ4v) is 3.24. The second kappa shape index (κ2) is 5.85. The predicted molar refractivity (Wildman–Crippen MR) is 95.3 cm³/mol. The van der Waals surface area contributed by atoms with Crippen molar-refractivity contribution < 1.29 is 9.53 Å². The normalized spacial score (nSPS) is 12.6. The summed E-state index contributed by atoms with van der Waals surface area (Å²) in [6, 6.07) is 18.2. The van der Waals surface area contributed by atoms with Crippen LogP contribution in [0.3, 0.4) is 0 Å². The van der Waals surface area contributed by atoms with Crippen LogP contribution in [0.5, 0.6) is 5.75 Å². The van der Waals surface area contributed by atoms with Crippen molar-refractivity contribution in [1.29, 1.82) is 0 Å². The summed E-state index contributed by atoms with van der Waals surface area (Å²) in [5.74, 6) is 0.815. The first-order valence-electron chi connectivity index (χ1n) is 7.90. The summed E-state index contributed by atoms with van der Waals surface area (Å²) in [6.45, 7) is 0. The fraction of sp³-hybridized carbons (Fsp3) is 0.0952. The molecule has 1 aromatic heterocycles. The molecular weight excluding hydrogens is 298 g/mol. The van der Waals surface area contributed by atoms with Gasteiger partial charge in [0, 0.05) is 29.4 Å². The van der Waals surface area contributed by atoms with Crippen LogP contribution in [-0.2, 0) is 6.42 Å². The van der Waals surface area contributed by atoms with E-state index in [1.165, 1.54) is 11.1 Å². The second-order valence-electron chi connectivity index (χ2n) is 5.84. The standard InChI is InChI=1S/C21H17NO2/c1-24-19-8-4-7-17(11-19)20-12-15-5-2-3-6-16(15)13-21-18(14-23)9-10-22(20)21/h2-12,14H,13H2,1H3. The molecule has 0 fully saturated rings. The molecule has 0 unspecified atom stereocenters. The third-order valence-electron chi connectivity index (χ3n) is 4.48. The maximum absolute atomic E-state index is 11.5.